The Bertz CT molecular complexity index is 443. The molecule has 1 unspecified atom stereocenters. The molecule has 1 amide bonds. The lowest BCUT2D eigenvalue weighted by molar-refractivity contribution is -0.122. The van der Waals surface area contributed by atoms with Crippen LogP contribution in [-0.2, 0) is 4.79 Å². The summed E-state index contributed by atoms with van der Waals surface area (Å²) in [6.45, 7) is 7.65. The highest BCUT2D eigenvalue weighted by Crippen LogP contribution is 2.23. The Balaban J connectivity index is 2.69. The van der Waals surface area contributed by atoms with E-state index in [2.05, 4.69) is 47.5 Å². The number of carbonyl (C=O) groups excluding carboxylic acids is 1. The van der Waals surface area contributed by atoms with Gasteiger partial charge in [0.1, 0.15) is 11.9 Å². The number of rotatable bonds is 3. The topological polar surface area (TPSA) is 54.0 Å². The third-order valence-electron chi connectivity index (χ3n) is 2.05. The number of hydrogen-bond donors (Lipinski definition) is 2. The van der Waals surface area contributed by atoms with Crippen molar-refractivity contribution in [2.45, 2.75) is 39.3 Å². The van der Waals surface area contributed by atoms with E-state index in [1.807, 2.05) is 26.8 Å². The minimum absolute atomic E-state index is 0.0564. The summed E-state index contributed by atoms with van der Waals surface area (Å²) in [4.78, 5) is 16.1. The Labute approximate surface area is 124 Å². The average molecular weight is 379 g/mol. The molecule has 1 aromatic rings. The van der Waals surface area contributed by atoms with Crippen molar-refractivity contribution in [1.29, 1.82) is 0 Å². The van der Waals surface area contributed by atoms with E-state index in [0.717, 1.165) is 8.95 Å². The molecular weight excluding hydrogens is 362 g/mol. The number of nitrogens with one attached hydrogen (secondary N) is 2. The summed E-state index contributed by atoms with van der Waals surface area (Å²) in [5.41, 5.74) is -0.239. The summed E-state index contributed by atoms with van der Waals surface area (Å²) in [6, 6.07) is 1.53. The highest BCUT2D eigenvalue weighted by molar-refractivity contribution is 9.11. The van der Waals surface area contributed by atoms with E-state index in [-0.39, 0.29) is 17.5 Å². The van der Waals surface area contributed by atoms with Crippen LogP contribution in [0.4, 0.5) is 5.82 Å². The Morgan fingerprint density at radius 3 is 2.50 bits per heavy atom. The molecule has 0 aliphatic carbocycles. The van der Waals surface area contributed by atoms with Crippen molar-refractivity contribution in [3.05, 3.63) is 21.2 Å². The fourth-order valence-electron chi connectivity index (χ4n) is 1.27. The Morgan fingerprint density at radius 1 is 1.39 bits per heavy atom. The van der Waals surface area contributed by atoms with Gasteiger partial charge in [-0.3, -0.25) is 4.79 Å². The number of hydrogen-bond acceptors (Lipinski definition) is 3. The molecule has 0 fully saturated rings. The number of carbonyl (C=O) groups is 1. The van der Waals surface area contributed by atoms with E-state index in [1.54, 1.807) is 13.1 Å². The largest absolute Gasteiger partial charge is 0.358 e. The quantitative estimate of drug-likeness (QED) is 0.848. The van der Waals surface area contributed by atoms with Crippen molar-refractivity contribution in [1.82, 2.24) is 10.3 Å². The van der Waals surface area contributed by atoms with Crippen LogP contribution in [0.15, 0.2) is 21.2 Å². The first-order valence-corrected chi connectivity index (χ1v) is 7.17. The van der Waals surface area contributed by atoms with Crippen molar-refractivity contribution in [2.24, 2.45) is 0 Å². The van der Waals surface area contributed by atoms with Gasteiger partial charge in [-0.2, -0.15) is 0 Å². The zero-order valence-corrected chi connectivity index (χ0v) is 14.0. The van der Waals surface area contributed by atoms with Crippen LogP contribution in [0.1, 0.15) is 27.7 Å². The average Bonchev–Trinajstić information content (AvgIpc) is 2.19. The Kier molecular flexibility index (Phi) is 5.16. The lowest BCUT2D eigenvalue weighted by atomic mass is 10.1. The van der Waals surface area contributed by atoms with Gasteiger partial charge in [0.05, 0.1) is 4.47 Å². The van der Waals surface area contributed by atoms with Gasteiger partial charge in [-0.25, -0.2) is 4.98 Å². The van der Waals surface area contributed by atoms with E-state index in [4.69, 9.17) is 0 Å². The number of aromatic nitrogens is 1. The van der Waals surface area contributed by atoms with Crippen LogP contribution in [0.5, 0.6) is 0 Å². The molecule has 6 heteroatoms. The van der Waals surface area contributed by atoms with Crippen molar-refractivity contribution in [3.8, 4) is 0 Å². The first-order valence-electron chi connectivity index (χ1n) is 5.58. The minimum atomic E-state index is -0.353. The standard InChI is InChI=1S/C12H17Br2N3O/c1-7(11(18)17-12(2,3)4)16-10-9(14)5-8(13)6-15-10/h5-7H,1-4H3,(H,15,16)(H,17,18). The maximum Gasteiger partial charge on any atom is 0.242 e. The molecule has 0 bridgehead atoms. The molecule has 1 atom stereocenters. The first-order chi connectivity index (χ1) is 8.19. The van der Waals surface area contributed by atoms with Crippen LogP contribution in [0.25, 0.3) is 0 Å². The van der Waals surface area contributed by atoms with Gasteiger partial charge >= 0.3 is 0 Å². The van der Waals surface area contributed by atoms with Crippen LogP contribution in [0, 0.1) is 0 Å². The molecule has 100 valence electrons. The number of halogens is 2. The van der Waals surface area contributed by atoms with Crippen molar-refractivity contribution in [3.63, 3.8) is 0 Å². The second-order valence-corrected chi connectivity index (χ2v) is 6.86. The molecule has 0 saturated heterocycles. The molecule has 0 aromatic carbocycles. The molecule has 1 aromatic heterocycles. The van der Waals surface area contributed by atoms with Crippen LogP contribution < -0.4 is 10.6 Å². The van der Waals surface area contributed by atoms with E-state index >= 15 is 0 Å². The molecule has 0 aliphatic heterocycles. The predicted octanol–water partition coefficient (Wildman–Crippen LogP) is 3.32. The summed E-state index contributed by atoms with van der Waals surface area (Å²) in [5.74, 6) is 0.592. The monoisotopic (exact) mass is 377 g/mol. The van der Waals surface area contributed by atoms with Gasteiger partial charge in [0.15, 0.2) is 0 Å². The van der Waals surface area contributed by atoms with Gasteiger partial charge in [-0.1, -0.05) is 0 Å². The molecule has 18 heavy (non-hydrogen) atoms. The summed E-state index contributed by atoms with van der Waals surface area (Å²) in [5, 5.41) is 5.99. The maximum atomic E-state index is 11.9. The predicted molar refractivity (Wildman–Crippen MR) is 80.6 cm³/mol. The van der Waals surface area contributed by atoms with Gasteiger partial charge in [-0.15, -0.1) is 0 Å². The van der Waals surface area contributed by atoms with Gasteiger partial charge in [0.2, 0.25) is 5.91 Å². The van der Waals surface area contributed by atoms with E-state index in [1.165, 1.54) is 0 Å². The summed E-state index contributed by atoms with van der Waals surface area (Å²) < 4.78 is 1.69. The zero-order chi connectivity index (χ0) is 13.9. The zero-order valence-electron chi connectivity index (χ0n) is 10.8. The van der Waals surface area contributed by atoms with Crippen LogP contribution >= 0.6 is 31.9 Å². The van der Waals surface area contributed by atoms with Crippen LogP contribution in [0.3, 0.4) is 0 Å². The molecular formula is C12H17Br2N3O. The van der Waals surface area contributed by atoms with Gasteiger partial charge in [-0.05, 0) is 65.6 Å². The minimum Gasteiger partial charge on any atom is -0.358 e. The Morgan fingerprint density at radius 2 is 2.00 bits per heavy atom. The van der Waals surface area contributed by atoms with E-state index < -0.39 is 0 Å². The highest BCUT2D eigenvalue weighted by Gasteiger charge is 2.19. The Hall–Kier alpha value is -0.620. The van der Waals surface area contributed by atoms with Gasteiger partial charge < -0.3 is 10.6 Å². The third-order valence-corrected chi connectivity index (χ3v) is 3.09. The molecule has 1 heterocycles. The van der Waals surface area contributed by atoms with E-state index in [0.29, 0.717) is 5.82 Å². The van der Waals surface area contributed by atoms with Crippen molar-refractivity contribution < 1.29 is 4.79 Å². The molecule has 0 spiro atoms. The fourth-order valence-corrected chi connectivity index (χ4v) is 2.37. The van der Waals surface area contributed by atoms with Crippen molar-refractivity contribution >= 4 is 43.6 Å². The summed E-state index contributed by atoms with van der Waals surface area (Å²) >= 11 is 6.73. The molecule has 1 rings (SSSR count). The van der Waals surface area contributed by atoms with Crippen molar-refractivity contribution in [2.75, 3.05) is 5.32 Å². The molecule has 0 aliphatic rings. The molecule has 0 radical (unpaired) electrons. The van der Waals surface area contributed by atoms with Gasteiger partial charge in [0.25, 0.3) is 0 Å². The smallest absolute Gasteiger partial charge is 0.242 e. The number of nitrogens with zero attached hydrogens (tertiary/aromatic N) is 1. The number of pyridine rings is 1. The lowest BCUT2D eigenvalue weighted by Crippen LogP contribution is -2.47. The van der Waals surface area contributed by atoms with Crippen LogP contribution in [0.2, 0.25) is 0 Å². The van der Waals surface area contributed by atoms with E-state index in [9.17, 15) is 4.79 Å². The third kappa shape index (κ3) is 4.94. The number of amides is 1. The second-order valence-electron chi connectivity index (χ2n) is 5.09. The summed E-state index contributed by atoms with van der Waals surface area (Å²) in [7, 11) is 0. The molecule has 0 saturated carbocycles. The highest BCUT2D eigenvalue weighted by atomic mass is 79.9. The summed E-state index contributed by atoms with van der Waals surface area (Å²) in [6.07, 6.45) is 1.68. The SMILES string of the molecule is CC(Nc1ncc(Br)cc1Br)C(=O)NC(C)(C)C. The molecule has 4 nitrogen and oxygen atoms in total. The van der Waals surface area contributed by atoms with Crippen LogP contribution in [-0.4, -0.2) is 22.5 Å². The number of anilines is 1. The first kappa shape index (κ1) is 15.4. The lowest BCUT2D eigenvalue weighted by Gasteiger charge is -2.24. The maximum absolute atomic E-state index is 11.9. The second kappa shape index (κ2) is 6.02. The normalized spacial score (nSPS) is 13.0. The molecule has 2 N–H and O–H groups in total. The van der Waals surface area contributed by atoms with Gasteiger partial charge in [0, 0.05) is 16.2 Å². The fraction of sp³-hybridized carbons (Fsp3) is 0.500.